The number of carbonyl (C=O) groups is 1. The Labute approximate surface area is 107 Å². The molecule has 1 amide bonds. The number of hydrogen-bond acceptors (Lipinski definition) is 3. The molecule has 1 aromatic rings. The molecule has 0 bridgehead atoms. The van der Waals surface area contributed by atoms with E-state index in [1.165, 1.54) is 0 Å². The Balaban J connectivity index is 2.47. The molecule has 0 radical (unpaired) electrons. The minimum absolute atomic E-state index is 0.0166. The van der Waals surface area contributed by atoms with Crippen LogP contribution < -0.4 is 5.73 Å². The van der Waals surface area contributed by atoms with Gasteiger partial charge in [-0.3, -0.25) is 4.79 Å². The SMILES string of the molecule is CSCCN(C)C(=O)[C@@H](N)Cc1ccccc1. The number of hydrogen-bond donors (Lipinski definition) is 1. The van der Waals surface area contributed by atoms with E-state index in [0.29, 0.717) is 6.42 Å². The van der Waals surface area contributed by atoms with E-state index in [1.807, 2.05) is 43.6 Å². The second-order valence-corrected chi connectivity index (χ2v) is 5.03. The second kappa shape index (κ2) is 7.35. The Morgan fingerprint density at radius 2 is 2.06 bits per heavy atom. The van der Waals surface area contributed by atoms with Crippen molar-refractivity contribution >= 4 is 17.7 Å². The van der Waals surface area contributed by atoms with E-state index < -0.39 is 6.04 Å². The van der Waals surface area contributed by atoms with Gasteiger partial charge in [-0.2, -0.15) is 11.8 Å². The van der Waals surface area contributed by atoms with Crippen LogP contribution in [0.1, 0.15) is 5.56 Å². The smallest absolute Gasteiger partial charge is 0.239 e. The maximum absolute atomic E-state index is 11.9. The van der Waals surface area contributed by atoms with E-state index in [0.717, 1.165) is 17.9 Å². The van der Waals surface area contributed by atoms with Gasteiger partial charge in [-0.15, -0.1) is 0 Å². The normalized spacial score (nSPS) is 12.2. The molecule has 0 saturated heterocycles. The van der Waals surface area contributed by atoms with Crippen molar-refractivity contribution in [2.75, 3.05) is 25.6 Å². The largest absolute Gasteiger partial charge is 0.344 e. The third-order valence-corrected chi connectivity index (χ3v) is 3.21. The lowest BCUT2D eigenvalue weighted by atomic mass is 10.1. The summed E-state index contributed by atoms with van der Waals surface area (Å²) in [6.45, 7) is 0.752. The fraction of sp³-hybridized carbons (Fsp3) is 0.462. The number of amides is 1. The first-order valence-corrected chi connectivity index (χ1v) is 7.08. The molecule has 94 valence electrons. The van der Waals surface area contributed by atoms with Crippen molar-refractivity contribution in [2.45, 2.75) is 12.5 Å². The van der Waals surface area contributed by atoms with Crippen LogP contribution in [0.4, 0.5) is 0 Å². The molecule has 0 aliphatic heterocycles. The molecule has 0 aliphatic carbocycles. The second-order valence-electron chi connectivity index (χ2n) is 4.05. The molecule has 0 spiro atoms. The third-order valence-electron chi connectivity index (χ3n) is 2.62. The first-order valence-electron chi connectivity index (χ1n) is 5.68. The minimum atomic E-state index is -0.441. The zero-order chi connectivity index (χ0) is 12.7. The summed E-state index contributed by atoms with van der Waals surface area (Å²) >= 11 is 1.73. The van der Waals surface area contributed by atoms with Crippen molar-refractivity contribution in [3.63, 3.8) is 0 Å². The molecule has 0 unspecified atom stereocenters. The first kappa shape index (κ1) is 14.1. The molecule has 0 aliphatic rings. The number of rotatable bonds is 6. The summed E-state index contributed by atoms with van der Waals surface area (Å²) in [6.07, 6.45) is 2.63. The Morgan fingerprint density at radius 1 is 1.41 bits per heavy atom. The highest BCUT2D eigenvalue weighted by atomic mass is 32.2. The summed E-state index contributed by atoms with van der Waals surface area (Å²) < 4.78 is 0. The topological polar surface area (TPSA) is 46.3 Å². The molecule has 0 saturated carbocycles. The number of nitrogens with zero attached hydrogens (tertiary/aromatic N) is 1. The van der Waals surface area contributed by atoms with Gasteiger partial charge in [-0.1, -0.05) is 30.3 Å². The highest BCUT2D eigenvalue weighted by Crippen LogP contribution is 2.04. The summed E-state index contributed by atoms with van der Waals surface area (Å²) in [5.74, 6) is 0.961. The van der Waals surface area contributed by atoms with Crippen molar-refractivity contribution in [2.24, 2.45) is 5.73 Å². The number of carbonyl (C=O) groups excluding carboxylic acids is 1. The quantitative estimate of drug-likeness (QED) is 0.832. The lowest BCUT2D eigenvalue weighted by Crippen LogP contribution is -2.43. The van der Waals surface area contributed by atoms with Crippen molar-refractivity contribution in [1.82, 2.24) is 4.90 Å². The van der Waals surface area contributed by atoms with Gasteiger partial charge < -0.3 is 10.6 Å². The van der Waals surface area contributed by atoms with E-state index in [-0.39, 0.29) is 5.91 Å². The van der Waals surface area contributed by atoms with E-state index in [4.69, 9.17) is 5.73 Å². The molecular formula is C13H20N2OS. The zero-order valence-corrected chi connectivity index (χ0v) is 11.2. The van der Waals surface area contributed by atoms with Gasteiger partial charge in [0.1, 0.15) is 0 Å². The van der Waals surface area contributed by atoms with Crippen LogP contribution in [-0.4, -0.2) is 42.4 Å². The molecular weight excluding hydrogens is 232 g/mol. The van der Waals surface area contributed by atoms with Gasteiger partial charge in [-0.05, 0) is 18.2 Å². The molecule has 1 atom stereocenters. The van der Waals surface area contributed by atoms with Crippen molar-refractivity contribution in [3.8, 4) is 0 Å². The van der Waals surface area contributed by atoms with Gasteiger partial charge in [0.25, 0.3) is 0 Å². The first-order chi connectivity index (χ1) is 8.15. The van der Waals surface area contributed by atoms with Gasteiger partial charge in [-0.25, -0.2) is 0 Å². The van der Waals surface area contributed by atoms with E-state index >= 15 is 0 Å². The number of thioether (sulfide) groups is 1. The molecule has 4 heteroatoms. The van der Waals surface area contributed by atoms with Gasteiger partial charge in [0, 0.05) is 19.3 Å². The van der Waals surface area contributed by atoms with Gasteiger partial charge in [0.2, 0.25) is 5.91 Å². The molecule has 3 nitrogen and oxygen atoms in total. The Morgan fingerprint density at radius 3 is 2.65 bits per heavy atom. The van der Waals surface area contributed by atoms with Crippen LogP contribution in [0.2, 0.25) is 0 Å². The average molecular weight is 252 g/mol. The van der Waals surface area contributed by atoms with Gasteiger partial charge in [0.15, 0.2) is 0 Å². The highest BCUT2D eigenvalue weighted by Gasteiger charge is 2.17. The van der Waals surface area contributed by atoms with Crippen molar-refractivity contribution in [1.29, 1.82) is 0 Å². The van der Waals surface area contributed by atoms with Crippen LogP contribution in [-0.2, 0) is 11.2 Å². The minimum Gasteiger partial charge on any atom is -0.344 e. The lowest BCUT2D eigenvalue weighted by Gasteiger charge is -2.21. The maximum atomic E-state index is 11.9. The van der Waals surface area contributed by atoms with E-state index in [9.17, 15) is 4.79 Å². The fourth-order valence-corrected chi connectivity index (χ4v) is 2.03. The number of nitrogens with two attached hydrogens (primary N) is 1. The Kier molecular flexibility index (Phi) is 6.08. The maximum Gasteiger partial charge on any atom is 0.239 e. The molecule has 17 heavy (non-hydrogen) atoms. The molecule has 1 rings (SSSR count). The number of benzene rings is 1. The van der Waals surface area contributed by atoms with Crippen LogP contribution in [0.25, 0.3) is 0 Å². The van der Waals surface area contributed by atoms with Crippen LogP contribution >= 0.6 is 11.8 Å². The Bertz CT molecular complexity index is 343. The molecule has 0 fully saturated rings. The van der Waals surface area contributed by atoms with Crippen molar-refractivity contribution < 1.29 is 4.79 Å². The standard InChI is InChI=1S/C13H20N2OS/c1-15(8-9-17-2)13(16)12(14)10-11-6-4-3-5-7-11/h3-7,12H,8-10,14H2,1-2H3/t12-/m0/s1. The summed E-state index contributed by atoms with van der Waals surface area (Å²) in [5.41, 5.74) is 7.03. The fourth-order valence-electron chi connectivity index (χ4n) is 1.58. The lowest BCUT2D eigenvalue weighted by molar-refractivity contribution is -0.131. The van der Waals surface area contributed by atoms with Gasteiger partial charge >= 0.3 is 0 Å². The summed E-state index contributed by atoms with van der Waals surface area (Å²) in [4.78, 5) is 13.7. The van der Waals surface area contributed by atoms with E-state index in [2.05, 4.69) is 0 Å². The zero-order valence-electron chi connectivity index (χ0n) is 10.4. The molecule has 0 heterocycles. The van der Waals surface area contributed by atoms with E-state index in [1.54, 1.807) is 16.7 Å². The van der Waals surface area contributed by atoms with Crippen molar-refractivity contribution in [3.05, 3.63) is 35.9 Å². The summed E-state index contributed by atoms with van der Waals surface area (Å²) in [6, 6.07) is 9.43. The van der Waals surface area contributed by atoms with Crippen LogP contribution in [0.15, 0.2) is 30.3 Å². The molecule has 2 N–H and O–H groups in total. The summed E-state index contributed by atoms with van der Waals surface area (Å²) in [5, 5.41) is 0. The van der Waals surface area contributed by atoms with Gasteiger partial charge in [0.05, 0.1) is 6.04 Å². The molecule has 0 aromatic heterocycles. The average Bonchev–Trinajstić information content (AvgIpc) is 2.36. The predicted molar refractivity (Wildman–Crippen MR) is 74.1 cm³/mol. The monoisotopic (exact) mass is 252 g/mol. The van der Waals surface area contributed by atoms with Crippen LogP contribution in [0.3, 0.4) is 0 Å². The third kappa shape index (κ3) is 4.79. The highest BCUT2D eigenvalue weighted by molar-refractivity contribution is 7.98. The molecule has 1 aromatic carbocycles. The Hall–Kier alpha value is -1.00. The summed E-state index contributed by atoms with van der Waals surface area (Å²) in [7, 11) is 1.81. The van der Waals surface area contributed by atoms with Crippen LogP contribution in [0, 0.1) is 0 Å². The number of likely N-dealkylation sites (N-methyl/N-ethyl adjacent to an activating group) is 1. The predicted octanol–water partition coefficient (Wildman–Crippen LogP) is 1.38. The van der Waals surface area contributed by atoms with Crippen LogP contribution in [0.5, 0.6) is 0 Å².